The lowest BCUT2D eigenvalue weighted by molar-refractivity contribution is -0.491. The summed E-state index contributed by atoms with van der Waals surface area (Å²) in [6, 6.07) is 4.52. The van der Waals surface area contributed by atoms with E-state index in [2.05, 4.69) is 37.8 Å². The van der Waals surface area contributed by atoms with E-state index < -0.39 is 0 Å². The summed E-state index contributed by atoms with van der Waals surface area (Å²) in [5, 5.41) is 11.2. The minimum atomic E-state index is -0.302. The van der Waals surface area contributed by atoms with E-state index in [1.54, 1.807) is 0 Å². The van der Waals surface area contributed by atoms with Gasteiger partial charge in [-0.1, -0.05) is 19.1 Å². The van der Waals surface area contributed by atoms with Crippen molar-refractivity contribution in [1.29, 1.82) is 0 Å². The number of hydrogen-bond acceptors (Lipinski definition) is 3. The Morgan fingerprint density at radius 2 is 2.04 bits per heavy atom. The molecule has 1 aromatic carbocycles. The molecule has 0 radical (unpaired) electrons. The number of amides is 1. The van der Waals surface area contributed by atoms with Crippen molar-refractivity contribution in [2.75, 3.05) is 13.1 Å². The van der Waals surface area contributed by atoms with Gasteiger partial charge in [0.05, 0.1) is 5.54 Å². The van der Waals surface area contributed by atoms with Crippen LogP contribution in [0.2, 0.25) is 0 Å². The van der Waals surface area contributed by atoms with Crippen LogP contribution in [0.1, 0.15) is 42.0 Å². The van der Waals surface area contributed by atoms with Gasteiger partial charge in [0.15, 0.2) is 0 Å². The summed E-state index contributed by atoms with van der Waals surface area (Å²) in [5.41, 5.74) is 4.83. The molecular formula is C19H24N2O3. The molecule has 1 saturated heterocycles. The highest BCUT2D eigenvalue weighted by atomic mass is 16.6. The van der Waals surface area contributed by atoms with Gasteiger partial charge in [-0.05, 0) is 54.9 Å². The fraction of sp³-hybridized carbons (Fsp3) is 0.632. The van der Waals surface area contributed by atoms with Crippen LogP contribution in [0.3, 0.4) is 0 Å². The van der Waals surface area contributed by atoms with Gasteiger partial charge in [-0.3, -0.25) is 14.9 Å². The lowest BCUT2D eigenvalue weighted by atomic mass is 9.73. The van der Waals surface area contributed by atoms with Crippen molar-refractivity contribution in [2.24, 2.45) is 17.8 Å². The standard InChI is InChI=1S/C19H24N2O3/c1-11-6-14-4-5-20-18(22)8-17-15(10-21(23)24)13(3)9-19(17,20)16(14)7-12(11)2/h6-7,13,15,17H,4-5,8-10H2,1-3H3/t13-,15+,17-,19-/m0/s1. The van der Waals surface area contributed by atoms with E-state index in [9.17, 15) is 14.9 Å². The van der Waals surface area contributed by atoms with E-state index in [0.29, 0.717) is 6.42 Å². The van der Waals surface area contributed by atoms with Crippen molar-refractivity contribution in [3.05, 3.63) is 44.5 Å². The highest BCUT2D eigenvalue weighted by Gasteiger charge is 2.64. The largest absolute Gasteiger partial charge is 0.332 e. The third-order valence-corrected chi connectivity index (χ3v) is 6.82. The number of aryl methyl sites for hydroxylation is 2. The molecule has 0 bridgehead atoms. The van der Waals surface area contributed by atoms with Crippen LogP contribution in [-0.2, 0) is 16.8 Å². The summed E-state index contributed by atoms with van der Waals surface area (Å²) in [5.74, 6) is 0.515. The molecule has 1 aliphatic carbocycles. The zero-order valence-electron chi connectivity index (χ0n) is 14.5. The van der Waals surface area contributed by atoms with Crippen molar-refractivity contribution in [2.45, 2.75) is 45.6 Å². The molecule has 4 rings (SSSR count). The molecule has 0 aromatic heterocycles. The highest BCUT2D eigenvalue weighted by Crippen LogP contribution is 2.60. The Labute approximate surface area is 142 Å². The van der Waals surface area contributed by atoms with Crippen molar-refractivity contribution < 1.29 is 9.72 Å². The Morgan fingerprint density at radius 3 is 2.75 bits per heavy atom. The summed E-state index contributed by atoms with van der Waals surface area (Å²) in [7, 11) is 0. The van der Waals surface area contributed by atoms with Gasteiger partial charge >= 0.3 is 0 Å². The molecule has 1 aromatic rings. The number of fused-ring (bicyclic) bond motifs is 1. The van der Waals surface area contributed by atoms with E-state index in [1.165, 1.54) is 22.3 Å². The molecule has 24 heavy (non-hydrogen) atoms. The van der Waals surface area contributed by atoms with Gasteiger partial charge in [0.1, 0.15) is 0 Å². The second kappa shape index (κ2) is 5.04. The molecule has 5 heteroatoms. The fourth-order valence-corrected chi connectivity index (χ4v) is 5.67. The number of nitro groups is 1. The SMILES string of the molecule is Cc1cc2c(cc1C)[C@@]13C[C@H](C)[C@@H](C[N+](=O)[O-])[C@@H]1CC(=O)N3CC2. The van der Waals surface area contributed by atoms with Crippen molar-refractivity contribution in [3.63, 3.8) is 0 Å². The number of carbonyl (C=O) groups is 1. The summed E-state index contributed by atoms with van der Waals surface area (Å²) in [6.45, 7) is 7.10. The first-order chi connectivity index (χ1) is 11.3. The quantitative estimate of drug-likeness (QED) is 0.619. The zero-order valence-corrected chi connectivity index (χ0v) is 14.5. The molecule has 1 saturated carbocycles. The monoisotopic (exact) mass is 328 g/mol. The maximum absolute atomic E-state index is 12.7. The number of rotatable bonds is 2. The number of hydrogen-bond donors (Lipinski definition) is 0. The van der Waals surface area contributed by atoms with Crippen LogP contribution in [0.15, 0.2) is 12.1 Å². The second-order valence-corrected chi connectivity index (χ2v) is 7.98. The number of carbonyl (C=O) groups excluding carboxylic acids is 1. The maximum Gasteiger partial charge on any atom is 0.223 e. The van der Waals surface area contributed by atoms with Gasteiger partial charge < -0.3 is 4.90 Å². The predicted octanol–water partition coefficient (Wildman–Crippen LogP) is 2.84. The summed E-state index contributed by atoms with van der Waals surface area (Å²) >= 11 is 0. The Balaban J connectivity index is 1.88. The van der Waals surface area contributed by atoms with Crippen LogP contribution >= 0.6 is 0 Å². The minimum absolute atomic E-state index is 0.0125. The smallest absolute Gasteiger partial charge is 0.223 e. The third kappa shape index (κ3) is 1.90. The molecule has 5 nitrogen and oxygen atoms in total. The van der Waals surface area contributed by atoms with Crippen molar-refractivity contribution >= 4 is 5.91 Å². The van der Waals surface area contributed by atoms with Crippen LogP contribution in [0.5, 0.6) is 0 Å². The Bertz CT molecular complexity index is 744. The first-order valence-corrected chi connectivity index (χ1v) is 8.87. The zero-order chi connectivity index (χ0) is 17.2. The molecule has 2 aliphatic heterocycles. The van der Waals surface area contributed by atoms with E-state index in [1.807, 2.05) is 0 Å². The maximum atomic E-state index is 12.7. The summed E-state index contributed by atoms with van der Waals surface area (Å²) in [4.78, 5) is 25.7. The van der Waals surface area contributed by atoms with Crippen molar-refractivity contribution in [1.82, 2.24) is 4.90 Å². The molecule has 4 atom stereocenters. The molecule has 0 N–H and O–H groups in total. The van der Waals surface area contributed by atoms with Gasteiger partial charge in [-0.2, -0.15) is 0 Å². The summed E-state index contributed by atoms with van der Waals surface area (Å²) < 4.78 is 0. The molecule has 2 heterocycles. The topological polar surface area (TPSA) is 63.5 Å². The third-order valence-electron chi connectivity index (χ3n) is 6.82. The lowest BCUT2D eigenvalue weighted by Crippen LogP contribution is -2.49. The van der Waals surface area contributed by atoms with Gasteiger partial charge in [-0.25, -0.2) is 0 Å². The van der Waals surface area contributed by atoms with Crippen LogP contribution in [0, 0.1) is 41.7 Å². The molecule has 128 valence electrons. The van der Waals surface area contributed by atoms with Gasteiger partial charge in [-0.15, -0.1) is 0 Å². The van der Waals surface area contributed by atoms with E-state index in [-0.39, 0.29) is 40.7 Å². The van der Waals surface area contributed by atoms with E-state index >= 15 is 0 Å². The molecular weight excluding hydrogens is 304 g/mol. The lowest BCUT2D eigenvalue weighted by Gasteiger charge is -2.45. The van der Waals surface area contributed by atoms with E-state index in [4.69, 9.17) is 0 Å². The predicted molar refractivity (Wildman–Crippen MR) is 90.3 cm³/mol. The average molecular weight is 328 g/mol. The Kier molecular flexibility index (Phi) is 3.28. The first-order valence-electron chi connectivity index (χ1n) is 8.87. The van der Waals surface area contributed by atoms with Crippen LogP contribution < -0.4 is 0 Å². The van der Waals surface area contributed by atoms with Crippen LogP contribution in [-0.4, -0.2) is 28.8 Å². The average Bonchev–Trinajstić information content (AvgIpc) is 2.92. The Hall–Kier alpha value is -1.91. The fourth-order valence-electron chi connectivity index (χ4n) is 5.67. The molecule has 1 amide bonds. The molecule has 1 spiro atoms. The molecule has 0 unspecified atom stereocenters. The van der Waals surface area contributed by atoms with Crippen molar-refractivity contribution in [3.8, 4) is 0 Å². The number of nitrogens with zero attached hydrogens (tertiary/aromatic N) is 2. The second-order valence-electron chi connectivity index (χ2n) is 7.98. The molecule has 2 fully saturated rings. The summed E-state index contributed by atoms with van der Waals surface area (Å²) in [6.07, 6.45) is 2.22. The minimum Gasteiger partial charge on any atom is -0.332 e. The van der Waals surface area contributed by atoms with Crippen LogP contribution in [0.25, 0.3) is 0 Å². The molecule has 3 aliphatic rings. The Morgan fingerprint density at radius 1 is 1.33 bits per heavy atom. The number of benzene rings is 1. The van der Waals surface area contributed by atoms with Gasteiger partial charge in [0.25, 0.3) is 0 Å². The first kappa shape index (κ1) is 15.6. The van der Waals surface area contributed by atoms with Gasteiger partial charge in [0, 0.05) is 29.7 Å². The van der Waals surface area contributed by atoms with Crippen LogP contribution in [0.4, 0.5) is 0 Å². The highest BCUT2D eigenvalue weighted by molar-refractivity contribution is 5.82. The van der Waals surface area contributed by atoms with Gasteiger partial charge in [0.2, 0.25) is 12.5 Å². The normalized spacial score (nSPS) is 34.0. The van der Waals surface area contributed by atoms with E-state index in [0.717, 1.165) is 19.4 Å².